The van der Waals surface area contributed by atoms with Gasteiger partial charge in [-0.2, -0.15) is 15.0 Å². The summed E-state index contributed by atoms with van der Waals surface area (Å²) in [4.78, 5) is 14.9. The van der Waals surface area contributed by atoms with Crippen LogP contribution in [0.3, 0.4) is 0 Å². The minimum atomic E-state index is 0.216. The van der Waals surface area contributed by atoms with Gasteiger partial charge in [0.25, 0.3) is 0 Å². The van der Waals surface area contributed by atoms with Gasteiger partial charge in [0.05, 0.1) is 0 Å². The van der Waals surface area contributed by atoms with Gasteiger partial charge >= 0.3 is 0 Å². The van der Waals surface area contributed by atoms with Crippen molar-refractivity contribution in [3.05, 3.63) is 5.28 Å². The third-order valence-electron chi connectivity index (χ3n) is 3.26. The van der Waals surface area contributed by atoms with Crippen molar-refractivity contribution in [1.82, 2.24) is 15.0 Å². The molecule has 106 valence electrons. The summed E-state index contributed by atoms with van der Waals surface area (Å²) in [6, 6.07) is 0.389. The van der Waals surface area contributed by atoms with Crippen molar-refractivity contribution >= 4 is 23.5 Å². The Labute approximate surface area is 118 Å². The zero-order valence-electron chi connectivity index (χ0n) is 11.1. The summed E-state index contributed by atoms with van der Waals surface area (Å²) in [6.07, 6.45) is 3.99. The van der Waals surface area contributed by atoms with Gasteiger partial charge in [-0.25, -0.2) is 0 Å². The molecule has 0 radical (unpaired) electrons. The molecule has 1 saturated heterocycles. The quantitative estimate of drug-likeness (QED) is 0.829. The van der Waals surface area contributed by atoms with Gasteiger partial charge in [-0.05, 0) is 44.2 Å². The van der Waals surface area contributed by atoms with E-state index in [9.17, 15) is 0 Å². The van der Waals surface area contributed by atoms with Crippen molar-refractivity contribution in [3.8, 4) is 0 Å². The van der Waals surface area contributed by atoms with E-state index in [0.717, 1.165) is 38.8 Å². The number of aliphatic hydroxyl groups is 1. The first-order chi connectivity index (χ1) is 9.24. The Bertz CT molecular complexity index is 417. The van der Waals surface area contributed by atoms with Crippen molar-refractivity contribution in [1.29, 1.82) is 0 Å². The second-order valence-corrected chi connectivity index (χ2v) is 4.95. The molecule has 1 aromatic heterocycles. The molecular weight excluding hydrogens is 266 g/mol. The highest BCUT2D eigenvalue weighted by Gasteiger charge is 2.26. The monoisotopic (exact) mass is 285 g/mol. The highest BCUT2D eigenvalue weighted by atomic mass is 35.5. The molecule has 19 heavy (non-hydrogen) atoms. The first-order valence-electron chi connectivity index (χ1n) is 6.77. The molecule has 0 aromatic carbocycles. The molecule has 1 aliphatic heterocycles. The lowest BCUT2D eigenvalue weighted by atomic mass is 10.1. The lowest BCUT2D eigenvalue weighted by molar-refractivity contribution is 0.279. The van der Waals surface area contributed by atoms with Crippen LogP contribution in [-0.2, 0) is 0 Å². The van der Waals surface area contributed by atoms with Gasteiger partial charge in [-0.1, -0.05) is 0 Å². The molecule has 0 spiro atoms. The fraction of sp³-hybridized carbons (Fsp3) is 0.750. The largest absolute Gasteiger partial charge is 0.396 e. The Morgan fingerprint density at radius 3 is 3.00 bits per heavy atom. The maximum absolute atomic E-state index is 8.95. The van der Waals surface area contributed by atoms with Crippen LogP contribution in [-0.4, -0.2) is 45.8 Å². The normalized spacial score (nSPS) is 18.9. The molecule has 1 unspecified atom stereocenters. The predicted molar refractivity (Wildman–Crippen MR) is 75.7 cm³/mol. The molecule has 2 N–H and O–H groups in total. The van der Waals surface area contributed by atoms with E-state index in [4.69, 9.17) is 16.7 Å². The SMILES string of the molecule is CCNc1nc(Cl)nc(N2CCCC2CCCO)n1. The fourth-order valence-corrected chi connectivity index (χ4v) is 2.59. The topological polar surface area (TPSA) is 74.2 Å². The van der Waals surface area contributed by atoms with Crippen LogP contribution in [0.4, 0.5) is 11.9 Å². The van der Waals surface area contributed by atoms with E-state index in [2.05, 4.69) is 25.2 Å². The Hall–Kier alpha value is -1.14. The highest BCUT2D eigenvalue weighted by molar-refractivity contribution is 6.28. The Kier molecular flexibility index (Phi) is 5.15. The van der Waals surface area contributed by atoms with Gasteiger partial charge in [-0.3, -0.25) is 0 Å². The van der Waals surface area contributed by atoms with Crippen LogP contribution in [0.25, 0.3) is 0 Å². The molecule has 1 aliphatic rings. The molecule has 2 rings (SSSR count). The smallest absolute Gasteiger partial charge is 0.231 e. The lowest BCUT2D eigenvalue weighted by Gasteiger charge is -2.24. The van der Waals surface area contributed by atoms with E-state index in [0.29, 0.717) is 17.9 Å². The Morgan fingerprint density at radius 1 is 1.42 bits per heavy atom. The summed E-state index contributed by atoms with van der Waals surface area (Å²) in [5.74, 6) is 1.15. The van der Waals surface area contributed by atoms with Crippen molar-refractivity contribution in [3.63, 3.8) is 0 Å². The average molecular weight is 286 g/mol. The summed E-state index contributed by atoms with van der Waals surface area (Å²) < 4.78 is 0. The molecule has 0 amide bonds. The first-order valence-corrected chi connectivity index (χ1v) is 7.15. The van der Waals surface area contributed by atoms with E-state index in [1.54, 1.807) is 0 Å². The summed E-state index contributed by atoms with van der Waals surface area (Å²) in [5, 5.41) is 12.2. The maximum atomic E-state index is 8.95. The van der Waals surface area contributed by atoms with Crippen LogP contribution in [0.1, 0.15) is 32.6 Å². The van der Waals surface area contributed by atoms with Gasteiger partial charge in [0.15, 0.2) is 0 Å². The maximum Gasteiger partial charge on any atom is 0.231 e. The number of hydrogen-bond acceptors (Lipinski definition) is 6. The molecular formula is C12H20ClN5O. The van der Waals surface area contributed by atoms with E-state index in [-0.39, 0.29) is 11.9 Å². The number of halogens is 1. The van der Waals surface area contributed by atoms with Gasteiger partial charge in [0.1, 0.15) is 0 Å². The minimum Gasteiger partial charge on any atom is -0.396 e. The number of aromatic nitrogens is 3. The minimum absolute atomic E-state index is 0.216. The molecule has 1 fully saturated rings. The van der Waals surface area contributed by atoms with Crippen molar-refractivity contribution in [2.75, 3.05) is 29.9 Å². The number of nitrogens with one attached hydrogen (secondary N) is 1. The van der Waals surface area contributed by atoms with Crippen LogP contribution >= 0.6 is 11.6 Å². The number of hydrogen-bond donors (Lipinski definition) is 2. The van der Waals surface area contributed by atoms with Crippen molar-refractivity contribution in [2.24, 2.45) is 0 Å². The molecule has 1 aromatic rings. The standard InChI is InChI=1S/C12H20ClN5O/c1-2-14-11-15-10(13)16-12(17-11)18-7-3-5-9(18)6-4-8-19/h9,19H,2-8H2,1H3,(H,14,15,16,17). The molecule has 1 atom stereocenters. The van der Waals surface area contributed by atoms with Crippen LogP contribution in [0.5, 0.6) is 0 Å². The lowest BCUT2D eigenvalue weighted by Crippen LogP contribution is -2.31. The molecule has 2 heterocycles. The van der Waals surface area contributed by atoms with Gasteiger partial charge in [0, 0.05) is 25.7 Å². The summed E-state index contributed by atoms with van der Waals surface area (Å²) in [6.45, 7) is 3.89. The van der Waals surface area contributed by atoms with E-state index in [1.165, 1.54) is 0 Å². The predicted octanol–water partition coefficient (Wildman–Crippen LogP) is 1.70. The van der Waals surface area contributed by atoms with Gasteiger partial charge in [0.2, 0.25) is 17.2 Å². The van der Waals surface area contributed by atoms with Crippen LogP contribution in [0.15, 0.2) is 0 Å². The fourth-order valence-electron chi connectivity index (χ4n) is 2.43. The van der Waals surface area contributed by atoms with Crippen LogP contribution in [0.2, 0.25) is 5.28 Å². The van der Waals surface area contributed by atoms with Crippen LogP contribution < -0.4 is 10.2 Å². The second-order valence-electron chi connectivity index (χ2n) is 4.61. The number of aliphatic hydroxyl groups excluding tert-OH is 1. The molecule has 0 aliphatic carbocycles. The van der Waals surface area contributed by atoms with Gasteiger partial charge in [-0.15, -0.1) is 0 Å². The summed E-state index contributed by atoms with van der Waals surface area (Å²) in [7, 11) is 0. The second kappa shape index (κ2) is 6.86. The summed E-state index contributed by atoms with van der Waals surface area (Å²) in [5.41, 5.74) is 0. The zero-order valence-corrected chi connectivity index (χ0v) is 11.9. The van der Waals surface area contributed by atoms with E-state index >= 15 is 0 Å². The zero-order chi connectivity index (χ0) is 13.7. The molecule has 6 nitrogen and oxygen atoms in total. The van der Waals surface area contributed by atoms with Crippen molar-refractivity contribution < 1.29 is 5.11 Å². The third-order valence-corrected chi connectivity index (χ3v) is 3.43. The Balaban J connectivity index is 2.15. The number of rotatable bonds is 6. The van der Waals surface area contributed by atoms with E-state index < -0.39 is 0 Å². The molecule has 7 heteroatoms. The van der Waals surface area contributed by atoms with Crippen LogP contribution in [0, 0.1) is 0 Å². The third kappa shape index (κ3) is 3.67. The van der Waals surface area contributed by atoms with Gasteiger partial charge < -0.3 is 15.3 Å². The molecule has 0 bridgehead atoms. The first kappa shape index (κ1) is 14.3. The van der Waals surface area contributed by atoms with E-state index in [1.807, 2.05) is 6.92 Å². The number of anilines is 2. The highest BCUT2D eigenvalue weighted by Crippen LogP contribution is 2.26. The van der Waals surface area contributed by atoms with Crippen molar-refractivity contribution in [2.45, 2.75) is 38.6 Å². The Morgan fingerprint density at radius 2 is 2.26 bits per heavy atom. The average Bonchev–Trinajstić information content (AvgIpc) is 2.84. The molecule has 0 saturated carbocycles. The summed E-state index contributed by atoms with van der Waals surface area (Å²) >= 11 is 5.95. The number of nitrogens with zero attached hydrogens (tertiary/aromatic N) is 4.